The Morgan fingerprint density at radius 3 is 2.97 bits per heavy atom. The van der Waals surface area contributed by atoms with E-state index in [4.69, 9.17) is 9.72 Å². The number of hydrogen-bond donors (Lipinski definition) is 1. The molecule has 3 aromatic heterocycles. The van der Waals surface area contributed by atoms with Gasteiger partial charge in [0.05, 0.1) is 23.0 Å². The van der Waals surface area contributed by atoms with Gasteiger partial charge < -0.3 is 15.0 Å². The standard InChI is InChI=1S/C22H21N5O2S/c28-21(26-10-7-23-8-11-26)14-29-17-5-3-4-16(12-17)19-15-30-22(25-19)18-13-24-27-9-2-1-6-20(18)27/h1-6,9,12-13,15,23H,7-8,10-11,14H2. The molecule has 0 aliphatic carbocycles. The van der Waals surface area contributed by atoms with Crippen LogP contribution in [0.4, 0.5) is 0 Å². The van der Waals surface area contributed by atoms with Crippen LogP contribution in [0.3, 0.4) is 0 Å². The smallest absolute Gasteiger partial charge is 0.260 e. The second-order valence-corrected chi connectivity index (χ2v) is 7.93. The third kappa shape index (κ3) is 3.79. The summed E-state index contributed by atoms with van der Waals surface area (Å²) in [4.78, 5) is 19.0. The summed E-state index contributed by atoms with van der Waals surface area (Å²) in [5.74, 6) is 0.687. The Labute approximate surface area is 177 Å². The lowest BCUT2D eigenvalue weighted by Crippen LogP contribution is -2.47. The molecule has 1 amide bonds. The molecule has 0 unspecified atom stereocenters. The minimum absolute atomic E-state index is 0.0194. The van der Waals surface area contributed by atoms with Gasteiger partial charge in [0.25, 0.3) is 5.91 Å². The molecule has 4 heterocycles. The molecule has 0 atom stereocenters. The van der Waals surface area contributed by atoms with Crippen LogP contribution in [0.1, 0.15) is 0 Å². The van der Waals surface area contributed by atoms with Crippen molar-refractivity contribution in [2.75, 3.05) is 32.8 Å². The molecular formula is C22H21N5O2S. The van der Waals surface area contributed by atoms with Gasteiger partial charge >= 0.3 is 0 Å². The van der Waals surface area contributed by atoms with Gasteiger partial charge in [0.2, 0.25) is 0 Å². The summed E-state index contributed by atoms with van der Waals surface area (Å²) in [5.41, 5.74) is 3.88. The largest absolute Gasteiger partial charge is 0.484 e. The lowest BCUT2D eigenvalue weighted by Gasteiger charge is -2.27. The SMILES string of the molecule is O=C(COc1cccc(-c2csc(-c3cnn4ccccc34)n2)c1)N1CCNCC1. The Morgan fingerprint density at radius 2 is 2.07 bits per heavy atom. The normalized spacial score (nSPS) is 14.2. The van der Waals surface area contributed by atoms with Crippen LogP contribution in [-0.4, -0.2) is 58.2 Å². The molecule has 1 aromatic carbocycles. The summed E-state index contributed by atoms with van der Waals surface area (Å²) >= 11 is 1.59. The van der Waals surface area contributed by atoms with Crippen molar-refractivity contribution < 1.29 is 9.53 Å². The number of carbonyl (C=O) groups excluding carboxylic acids is 1. The van der Waals surface area contributed by atoms with Gasteiger partial charge in [-0.3, -0.25) is 4.79 Å². The number of nitrogens with one attached hydrogen (secondary N) is 1. The maximum Gasteiger partial charge on any atom is 0.260 e. The number of piperazine rings is 1. The molecule has 7 nitrogen and oxygen atoms in total. The van der Waals surface area contributed by atoms with E-state index in [0.717, 1.165) is 53.5 Å². The first-order chi connectivity index (χ1) is 14.8. The zero-order valence-corrected chi connectivity index (χ0v) is 17.1. The molecule has 1 aliphatic heterocycles. The fourth-order valence-electron chi connectivity index (χ4n) is 3.53. The third-order valence-corrected chi connectivity index (χ3v) is 6.00. The number of carbonyl (C=O) groups is 1. The molecular weight excluding hydrogens is 398 g/mol. The highest BCUT2D eigenvalue weighted by molar-refractivity contribution is 7.13. The van der Waals surface area contributed by atoms with E-state index in [1.54, 1.807) is 11.3 Å². The van der Waals surface area contributed by atoms with Crippen LogP contribution < -0.4 is 10.1 Å². The Hall–Kier alpha value is -3.23. The Bertz CT molecular complexity index is 1180. The number of rotatable bonds is 5. The Balaban J connectivity index is 1.31. The molecule has 1 fully saturated rings. The van der Waals surface area contributed by atoms with Crippen LogP contribution in [0, 0.1) is 0 Å². The highest BCUT2D eigenvalue weighted by atomic mass is 32.1. The average molecular weight is 420 g/mol. The minimum Gasteiger partial charge on any atom is -0.484 e. The van der Waals surface area contributed by atoms with E-state index in [2.05, 4.69) is 10.4 Å². The van der Waals surface area contributed by atoms with E-state index in [0.29, 0.717) is 5.75 Å². The predicted octanol–water partition coefficient (Wildman–Crippen LogP) is 2.94. The van der Waals surface area contributed by atoms with Gasteiger partial charge in [-0.25, -0.2) is 9.50 Å². The van der Waals surface area contributed by atoms with Gasteiger partial charge in [0.15, 0.2) is 6.61 Å². The van der Waals surface area contributed by atoms with Crippen LogP contribution in [-0.2, 0) is 4.79 Å². The molecule has 0 radical (unpaired) electrons. The van der Waals surface area contributed by atoms with Gasteiger partial charge in [-0.05, 0) is 24.3 Å². The van der Waals surface area contributed by atoms with Crippen molar-refractivity contribution >= 4 is 22.8 Å². The first-order valence-electron chi connectivity index (χ1n) is 9.88. The predicted molar refractivity (Wildman–Crippen MR) is 117 cm³/mol. The number of hydrogen-bond acceptors (Lipinski definition) is 6. The van der Waals surface area contributed by atoms with Crippen molar-refractivity contribution in [3.8, 4) is 27.6 Å². The Kier molecular flexibility index (Phi) is 5.17. The number of ether oxygens (including phenoxy) is 1. The van der Waals surface area contributed by atoms with Gasteiger partial charge in [-0.2, -0.15) is 5.10 Å². The highest BCUT2D eigenvalue weighted by Crippen LogP contribution is 2.32. The molecule has 0 spiro atoms. The molecule has 5 rings (SSSR count). The fourth-order valence-corrected chi connectivity index (χ4v) is 4.37. The molecule has 152 valence electrons. The van der Waals surface area contributed by atoms with E-state index < -0.39 is 0 Å². The Morgan fingerprint density at radius 1 is 1.17 bits per heavy atom. The monoisotopic (exact) mass is 419 g/mol. The van der Waals surface area contributed by atoms with Crippen LogP contribution in [0.25, 0.3) is 27.3 Å². The number of thiazole rings is 1. The molecule has 1 saturated heterocycles. The van der Waals surface area contributed by atoms with E-state index in [1.165, 1.54) is 0 Å². The molecule has 1 aliphatic rings. The summed E-state index contributed by atoms with van der Waals surface area (Å²) in [6, 6.07) is 13.7. The van der Waals surface area contributed by atoms with Gasteiger partial charge in [-0.1, -0.05) is 18.2 Å². The third-order valence-electron chi connectivity index (χ3n) is 5.12. The van der Waals surface area contributed by atoms with Gasteiger partial charge in [0, 0.05) is 43.3 Å². The number of aromatic nitrogens is 3. The minimum atomic E-state index is 0.0194. The van der Waals surface area contributed by atoms with E-state index in [9.17, 15) is 4.79 Å². The zero-order valence-electron chi connectivity index (χ0n) is 16.3. The average Bonchev–Trinajstić information content (AvgIpc) is 3.45. The van der Waals surface area contributed by atoms with Crippen LogP contribution >= 0.6 is 11.3 Å². The topological polar surface area (TPSA) is 71.8 Å². The number of pyridine rings is 1. The summed E-state index contributed by atoms with van der Waals surface area (Å²) in [7, 11) is 0. The van der Waals surface area contributed by atoms with E-state index in [1.807, 2.05) is 69.7 Å². The van der Waals surface area contributed by atoms with Crippen molar-refractivity contribution in [3.05, 3.63) is 60.2 Å². The zero-order chi connectivity index (χ0) is 20.3. The number of nitrogens with zero attached hydrogens (tertiary/aromatic N) is 4. The molecule has 30 heavy (non-hydrogen) atoms. The molecule has 4 aromatic rings. The van der Waals surface area contributed by atoms with E-state index >= 15 is 0 Å². The quantitative estimate of drug-likeness (QED) is 0.539. The maximum absolute atomic E-state index is 12.3. The van der Waals surface area contributed by atoms with E-state index in [-0.39, 0.29) is 12.5 Å². The van der Waals surface area contributed by atoms with Gasteiger partial charge in [-0.15, -0.1) is 11.3 Å². The number of fused-ring (bicyclic) bond motifs is 1. The second-order valence-electron chi connectivity index (χ2n) is 7.07. The lowest BCUT2D eigenvalue weighted by atomic mass is 10.1. The van der Waals surface area contributed by atoms with Crippen LogP contribution in [0.15, 0.2) is 60.2 Å². The lowest BCUT2D eigenvalue weighted by molar-refractivity contribution is -0.133. The van der Waals surface area contributed by atoms with Crippen LogP contribution in [0.5, 0.6) is 5.75 Å². The summed E-state index contributed by atoms with van der Waals surface area (Å²) in [6.45, 7) is 3.18. The molecule has 0 saturated carbocycles. The maximum atomic E-state index is 12.3. The van der Waals surface area contributed by atoms with Crippen molar-refractivity contribution in [2.45, 2.75) is 0 Å². The molecule has 8 heteroatoms. The van der Waals surface area contributed by atoms with Crippen molar-refractivity contribution in [2.24, 2.45) is 0 Å². The number of benzene rings is 1. The fraction of sp³-hybridized carbons (Fsp3) is 0.227. The van der Waals surface area contributed by atoms with Gasteiger partial charge in [0.1, 0.15) is 10.8 Å². The summed E-state index contributed by atoms with van der Waals surface area (Å²) in [5, 5.41) is 10.6. The van der Waals surface area contributed by atoms with Crippen LogP contribution in [0.2, 0.25) is 0 Å². The summed E-state index contributed by atoms with van der Waals surface area (Å²) < 4.78 is 7.62. The first-order valence-corrected chi connectivity index (χ1v) is 10.8. The van der Waals surface area contributed by atoms with Crippen molar-refractivity contribution in [3.63, 3.8) is 0 Å². The summed E-state index contributed by atoms with van der Waals surface area (Å²) in [6.07, 6.45) is 3.77. The van der Waals surface area contributed by atoms with Crippen molar-refractivity contribution in [1.82, 2.24) is 24.8 Å². The number of amides is 1. The molecule has 0 bridgehead atoms. The second kappa shape index (κ2) is 8.25. The first kappa shape index (κ1) is 18.8. The highest BCUT2D eigenvalue weighted by Gasteiger charge is 2.17. The van der Waals surface area contributed by atoms with Crippen molar-refractivity contribution in [1.29, 1.82) is 0 Å². The molecule has 1 N–H and O–H groups in total.